The van der Waals surface area contributed by atoms with Gasteiger partial charge in [-0.15, -0.1) is 0 Å². The minimum Gasteiger partial charge on any atom is -0.495 e. The molecule has 0 aliphatic carbocycles. The van der Waals surface area contributed by atoms with Gasteiger partial charge in [-0.2, -0.15) is 0 Å². The van der Waals surface area contributed by atoms with Crippen molar-refractivity contribution in [2.45, 2.75) is 25.7 Å². The van der Waals surface area contributed by atoms with Gasteiger partial charge >= 0.3 is 0 Å². The summed E-state index contributed by atoms with van der Waals surface area (Å²) in [6.07, 6.45) is 0. The summed E-state index contributed by atoms with van der Waals surface area (Å²) < 4.78 is 32.5. The molecular weight excluding hydrogens is 406 g/mol. The normalized spacial score (nSPS) is 11.2. The van der Waals surface area contributed by atoms with E-state index >= 15 is 0 Å². The van der Waals surface area contributed by atoms with E-state index in [0.717, 1.165) is 5.56 Å². The zero-order valence-electron chi connectivity index (χ0n) is 17.5. The molecule has 0 aliphatic heterocycles. The van der Waals surface area contributed by atoms with Crippen LogP contribution in [0.25, 0.3) is 0 Å². The Kier molecular flexibility index (Phi) is 7.96. The van der Waals surface area contributed by atoms with E-state index < -0.39 is 10.0 Å². The Morgan fingerprint density at radius 1 is 1.03 bits per heavy atom. The van der Waals surface area contributed by atoms with Gasteiger partial charge in [0.1, 0.15) is 10.6 Å². The van der Waals surface area contributed by atoms with E-state index in [1.807, 2.05) is 6.92 Å². The Hall–Kier alpha value is -2.91. The van der Waals surface area contributed by atoms with Gasteiger partial charge in [0.2, 0.25) is 15.9 Å². The standard InChI is InChI=1S/C21H27N3O5S/c1-14(2)20(25)24-17-8-6-16(7-9-17)21(26)22-11-12-23-30(27,28)19-10-5-15(3)13-18(19)29-4/h5-10,13-14,23H,11-12H2,1-4H3,(H,22,26)(H,24,25). The highest BCUT2D eigenvalue weighted by atomic mass is 32.2. The van der Waals surface area contributed by atoms with E-state index in [-0.39, 0.29) is 41.5 Å². The van der Waals surface area contributed by atoms with Gasteiger partial charge in [0.25, 0.3) is 5.91 Å². The van der Waals surface area contributed by atoms with Crippen molar-refractivity contribution in [3.63, 3.8) is 0 Å². The predicted molar refractivity (Wildman–Crippen MR) is 115 cm³/mol. The summed E-state index contributed by atoms with van der Waals surface area (Å²) in [5.41, 5.74) is 1.89. The highest BCUT2D eigenvalue weighted by Gasteiger charge is 2.19. The van der Waals surface area contributed by atoms with Crippen molar-refractivity contribution in [2.75, 3.05) is 25.5 Å². The minimum atomic E-state index is -3.77. The lowest BCUT2D eigenvalue weighted by molar-refractivity contribution is -0.118. The number of methoxy groups -OCH3 is 1. The zero-order valence-corrected chi connectivity index (χ0v) is 18.3. The van der Waals surface area contributed by atoms with Crippen LogP contribution in [0.4, 0.5) is 5.69 Å². The molecular formula is C21H27N3O5S. The topological polar surface area (TPSA) is 114 Å². The molecule has 162 valence electrons. The van der Waals surface area contributed by atoms with Gasteiger partial charge in [-0.1, -0.05) is 19.9 Å². The number of carbonyl (C=O) groups is 2. The Balaban J connectivity index is 1.88. The molecule has 3 N–H and O–H groups in total. The lowest BCUT2D eigenvalue weighted by atomic mass is 10.1. The average molecular weight is 434 g/mol. The van der Waals surface area contributed by atoms with Crippen molar-refractivity contribution in [3.05, 3.63) is 53.6 Å². The summed E-state index contributed by atoms with van der Waals surface area (Å²) in [6, 6.07) is 11.3. The number of amides is 2. The molecule has 0 saturated carbocycles. The summed E-state index contributed by atoms with van der Waals surface area (Å²) >= 11 is 0. The fraction of sp³-hybridized carbons (Fsp3) is 0.333. The average Bonchev–Trinajstić information content (AvgIpc) is 2.71. The number of carbonyl (C=O) groups excluding carboxylic acids is 2. The molecule has 0 spiro atoms. The van der Waals surface area contributed by atoms with Crippen molar-refractivity contribution < 1.29 is 22.7 Å². The molecule has 0 fully saturated rings. The van der Waals surface area contributed by atoms with E-state index in [1.165, 1.54) is 13.2 Å². The number of aryl methyl sites for hydroxylation is 1. The van der Waals surface area contributed by atoms with Crippen molar-refractivity contribution in [1.29, 1.82) is 0 Å². The summed E-state index contributed by atoms with van der Waals surface area (Å²) in [4.78, 5) is 24.0. The molecule has 0 bridgehead atoms. The van der Waals surface area contributed by atoms with Crippen molar-refractivity contribution >= 4 is 27.5 Å². The molecule has 0 aromatic heterocycles. The molecule has 2 aromatic rings. The molecule has 0 heterocycles. The quantitative estimate of drug-likeness (QED) is 0.525. The van der Waals surface area contributed by atoms with Crippen LogP contribution >= 0.6 is 0 Å². The van der Waals surface area contributed by atoms with Crippen LogP contribution in [0.5, 0.6) is 5.75 Å². The van der Waals surface area contributed by atoms with Gasteiger partial charge in [-0.25, -0.2) is 13.1 Å². The first-order valence-electron chi connectivity index (χ1n) is 9.47. The number of hydrogen-bond donors (Lipinski definition) is 3. The van der Waals surface area contributed by atoms with Crippen LogP contribution in [-0.2, 0) is 14.8 Å². The van der Waals surface area contributed by atoms with Crippen LogP contribution in [0, 0.1) is 12.8 Å². The molecule has 0 saturated heterocycles. The van der Waals surface area contributed by atoms with Crippen molar-refractivity contribution in [2.24, 2.45) is 5.92 Å². The van der Waals surface area contributed by atoms with Gasteiger partial charge < -0.3 is 15.4 Å². The maximum atomic E-state index is 12.5. The monoisotopic (exact) mass is 433 g/mol. The van der Waals surface area contributed by atoms with Gasteiger partial charge in [-0.05, 0) is 48.9 Å². The molecule has 0 aliphatic rings. The molecule has 0 radical (unpaired) electrons. The second-order valence-electron chi connectivity index (χ2n) is 7.03. The van der Waals surface area contributed by atoms with E-state index in [4.69, 9.17) is 4.74 Å². The highest BCUT2D eigenvalue weighted by molar-refractivity contribution is 7.89. The van der Waals surface area contributed by atoms with Gasteiger partial charge in [0.05, 0.1) is 7.11 Å². The number of nitrogens with one attached hydrogen (secondary N) is 3. The molecule has 2 rings (SSSR count). The fourth-order valence-electron chi connectivity index (χ4n) is 2.53. The first-order valence-corrected chi connectivity index (χ1v) is 11.0. The third kappa shape index (κ3) is 6.30. The minimum absolute atomic E-state index is 0.0215. The maximum Gasteiger partial charge on any atom is 0.251 e. The van der Waals surface area contributed by atoms with Crippen LogP contribution in [0.3, 0.4) is 0 Å². The first kappa shape index (κ1) is 23.4. The predicted octanol–water partition coefficient (Wildman–Crippen LogP) is 2.31. The largest absolute Gasteiger partial charge is 0.495 e. The van der Waals surface area contributed by atoms with Crippen LogP contribution in [0.15, 0.2) is 47.4 Å². The molecule has 0 unspecified atom stereocenters. The van der Waals surface area contributed by atoms with Gasteiger partial charge in [-0.3, -0.25) is 9.59 Å². The number of hydrogen-bond acceptors (Lipinski definition) is 5. The molecule has 30 heavy (non-hydrogen) atoms. The number of ether oxygens (including phenoxy) is 1. The summed E-state index contributed by atoms with van der Waals surface area (Å²) in [7, 11) is -2.36. The molecule has 2 aromatic carbocycles. The van der Waals surface area contributed by atoms with Crippen LogP contribution in [0.1, 0.15) is 29.8 Å². The number of rotatable bonds is 9. The summed E-state index contributed by atoms with van der Waals surface area (Å²) in [5, 5.41) is 5.40. The number of benzene rings is 2. The van der Waals surface area contributed by atoms with Crippen molar-refractivity contribution in [3.8, 4) is 5.75 Å². The molecule has 8 nitrogen and oxygen atoms in total. The Morgan fingerprint density at radius 2 is 1.70 bits per heavy atom. The second-order valence-corrected chi connectivity index (χ2v) is 8.76. The SMILES string of the molecule is COc1cc(C)ccc1S(=O)(=O)NCCNC(=O)c1ccc(NC(=O)C(C)C)cc1. The van der Waals surface area contributed by atoms with E-state index in [0.29, 0.717) is 11.3 Å². The van der Waals surface area contributed by atoms with Crippen LogP contribution in [0.2, 0.25) is 0 Å². The van der Waals surface area contributed by atoms with E-state index in [1.54, 1.807) is 50.2 Å². The van der Waals surface area contributed by atoms with E-state index in [2.05, 4.69) is 15.4 Å². The Bertz CT molecular complexity index is 1000. The van der Waals surface area contributed by atoms with Crippen LogP contribution in [-0.4, -0.2) is 40.4 Å². The Morgan fingerprint density at radius 3 is 2.30 bits per heavy atom. The maximum absolute atomic E-state index is 12.5. The molecule has 2 amide bonds. The third-order valence-corrected chi connectivity index (χ3v) is 5.75. The Labute approximate surface area is 177 Å². The number of anilines is 1. The summed E-state index contributed by atoms with van der Waals surface area (Å²) in [6.45, 7) is 5.55. The molecule has 0 atom stereocenters. The summed E-state index contributed by atoms with van der Waals surface area (Å²) in [5.74, 6) is -0.332. The fourth-order valence-corrected chi connectivity index (χ4v) is 3.71. The smallest absolute Gasteiger partial charge is 0.251 e. The first-order chi connectivity index (χ1) is 14.1. The third-order valence-electron chi connectivity index (χ3n) is 4.25. The lowest BCUT2D eigenvalue weighted by Crippen LogP contribution is -2.34. The zero-order chi connectivity index (χ0) is 22.3. The van der Waals surface area contributed by atoms with Gasteiger partial charge in [0.15, 0.2) is 0 Å². The van der Waals surface area contributed by atoms with Crippen LogP contribution < -0.4 is 20.1 Å². The van der Waals surface area contributed by atoms with E-state index in [9.17, 15) is 18.0 Å². The highest BCUT2D eigenvalue weighted by Crippen LogP contribution is 2.24. The van der Waals surface area contributed by atoms with Crippen molar-refractivity contribution in [1.82, 2.24) is 10.0 Å². The second kappa shape index (κ2) is 10.2. The lowest BCUT2D eigenvalue weighted by Gasteiger charge is -2.12. The van der Waals surface area contributed by atoms with Gasteiger partial charge in [0, 0.05) is 30.3 Å². The molecule has 9 heteroatoms. The number of sulfonamides is 1.